The molecule has 24 heavy (non-hydrogen) atoms. The molecule has 0 saturated carbocycles. The Bertz CT molecular complexity index is 610. The van der Waals surface area contributed by atoms with Crippen LogP contribution in [-0.2, 0) is 16.1 Å². The van der Waals surface area contributed by atoms with Crippen LogP contribution < -0.4 is 5.32 Å². The second-order valence-electron chi connectivity index (χ2n) is 6.61. The average molecular weight is 332 g/mol. The first-order valence-corrected chi connectivity index (χ1v) is 8.27. The van der Waals surface area contributed by atoms with E-state index in [9.17, 15) is 19.5 Å². The predicted octanol–water partition coefficient (Wildman–Crippen LogP) is 2.04. The maximum absolute atomic E-state index is 12.2. The summed E-state index contributed by atoms with van der Waals surface area (Å²) >= 11 is 0. The molecule has 0 bridgehead atoms. The van der Waals surface area contributed by atoms with Gasteiger partial charge in [-0.25, -0.2) is 4.79 Å². The molecule has 1 aliphatic rings. The number of nitrogens with zero attached hydrogens (tertiary/aromatic N) is 1. The molecule has 1 atom stereocenters. The summed E-state index contributed by atoms with van der Waals surface area (Å²) in [6.07, 6.45) is 1.88. The Morgan fingerprint density at radius 3 is 2.42 bits per heavy atom. The molecular formula is C18H24N2O4. The van der Waals surface area contributed by atoms with Gasteiger partial charge in [-0.15, -0.1) is 0 Å². The van der Waals surface area contributed by atoms with E-state index in [-0.39, 0.29) is 11.8 Å². The summed E-state index contributed by atoms with van der Waals surface area (Å²) in [5, 5.41) is 11.8. The Balaban J connectivity index is 1.97. The lowest BCUT2D eigenvalue weighted by Gasteiger charge is -2.17. The predicted molar refractivity (Wildman–Crippen MR) is 89.4 cm³/mol. The van der Waals surface area contributed by atoms with Crippen molar-refractivity contribution in [2.45, 2.75) is 45.7 Å². The minimum atomic E-state index is -1.03. The van der Waals surface area contributed by atoms with E-state index in [0.29, 0.717) is 24.9 Å². The van der Waals surface area contributed by atoms with Crippen LogP contribution in [0, 0.1) is 5.92 Å². The van der Waals surface area contributed by atoms with Crippen molar-refractivity contribution in [2.24, 2.45) is 5.92 Å². The van der Waals surface area contributed by atoms with E-state index in [0.717, 1.165) is 18.5 Å². The molecule has 0 radical (unpaired) electrons. The zero-order valence-corrected chi connectivity index (χ0v) is 14.1. The van der Waals surface area contributed by atoms with E-state index in [2.05, 4.69) is 5.32 Å². The number of aliphatic carboxylic acids is 1. The van der Waals surface area contributed by atoms with Gasteiger partial charge in [-0.2, -0.15) is 0 Å². The number of likely N-dealkylation sites (tertiary alicyclic amines) is 1. The average Bonchev–Trinajstić information content (AvgIpc) is 2.92. The van der Waals surface area contributed by atoms with Crippen LogP contribution in [0.15, 0.2) is 24.3 Å². The molecule has 1 fully saturated rings. The summed E-state index contributed by atoms with van der Waals surface area (Å²) < 4.78 is 0. The molecule has 1 unspecified atom stereocenters. The van der Waals surface area contributed by atoms with Crippen molar-refractivity contribution < 1.29 is 19.5 Å². The second-order valence-corrected chi connectivity index (χ2v) is 6.61. The number of rotatable bonds is 7. The number of hydrogen-bond donors (Lipinski definition) is 2. The smallest absolute Gasteiger partial charge is 0.326 e. The number of amides is 2. The van der Waals surface area contributed by atoms with Crippen molar-refractivity contribution in [3.63, 3.8) is 0 Å². The highest BCUT2D eigenvalue weighted by atomic mass is 16.4. The van der Waals surface area contributed by atoms with Crippen molar-refractivity contribution in [3.8, 4) is 0 Å². The first-order valence-electron chi connectivity index (χ1n) is 8.27. The second kappa shape index (κ2) is 7.95. The third-order valence-corrected chi connectivity index (χ3v) is 4.07. The number of hydrogen-bond acceptors (Lipinski definition) is 3. The van der Waals surface area contributed by atoms with Crippen LogP contribution in [-0.4, -0.2) is 40.4 Å². The molecule has 0 aliphatic carbocycles. The van der Waals surface area contributed by atoms with Gasteiger partial charge in [0.15, 0.2) is 0 Å². The third kappa shape index (κ3) is 4.81. The van der Waals surface area contributed by atoms with Gasteiger partial charge in [-0.05, 0) is 36.5 Å². The molecule has 6 nitrogen and oxygen atoms in total. The first-order chi connectivity index (χ1) is 11.4. The Labute approximate surface area is 141 Å². The van der Waals surface area contributed by atoms with E-state index in [4.69, 9.17) is 0 Å². The standard InChI is InChI=1S/C18H24N2O4/c1-12(2)10-15(18(23)24)19-17(22)14-7-5-13(6-8-14)11-20-9-3-4-16(20)21/h5-8,12,15H,3-4,9-11H2,1-2H3,(H,19,22)(H,23,24). The lowest BCUT2D eigenvalue weighted by atomic mass is 10.0. The molecule has 1 aromatic carbocycles. The lowest BCUT2D eigenvalue weighted by molar-refractivity contribution is -0.139. The fourth-order valence-electron chi connectivity index (χ4n) is 2.79. The molecule has 2 rings (SSSR count). The van der Waals surface area contributed by atoms with Gasteiger partial charge < -0.3 is 15.3 Å². The van der Waals surface area contributed by atoms with E-state index < -0.39 is 17.9 Å². The Kier molecular flexibility index (Phi) is 5.95. The van der Waals surface area contributed by atoms with Crippen molar-refractivity contribution >= 4 is 17.8 Å². The summed E-state index contributed by atoms with van der Waals surface area (Å²) in [6.45, 7) is 5.15. The summed E-state index contributed by atoms with van der Waals surface area (Å²) in [4.78, 5) is 36.9. The fraction of sp³-hybridized carbons (Fsp3) is 0.500. The highest BCUT2D eigenvalue weighted by molar-refractivity contribution is 5.96. The topological polar surface area (TPSA) is 86.7 Å². The van der Waals surface area contributed by atoms with Gasteiger partial charge in [0.05, 0.1) is 0 Å². The largest absolute Gasteiger partial charge is 0.480 e. The molecule has 1 heterocycles. The normalized spacial score (nSPS) is 15.6. The van der Waals surface area contributed by atoms with Crippen LogP contribution in [0.4, 0.5) is 0 Å². The van der Waals surface area contributed by atoms with E-state index >= 15 is 0 Å². The number of carbonyl (C=O) groups is 3. The Morgan fingerprint density at radius 1 is 1.25 bits per heavy atom. The molecule has 2 amide bonds. The van der Waals surface area contributed by atoms with E-state index in [1.54, 1.807) is 29.2 Å². The number of carboxylic acid groups (broad SMARTS) is 1. The molecule has 1 saturated heterocycles. The van der Waals surface area contributed by atoms with E-state index in [1.807, 2.05) is 13.8 Å². The van der Waals surface area contributed by atoms with Gasteiger partial charge in [0, 0.05) is 25.1 Å². The SMILES string of the molecule is CC(C)CC(NC(=O)c1ccc(CN2CCCC2=O)cc1)C(=O)O. The minimum absolute atomic E-state index is 0.162. The van der Waals surface area contributed by atoms with Gasteiger partial charge in [0.2, 0.25) is 5.91 Å². The maximum Gasteiger partial charge on any atom is 0.326 e. The van der Waals surface area contributed by atoms with Crippen LogP contribution in [0.1, 0.15) is 49.0 Å². The van der Waals surface area contributed by atoms with Gasteiger partial charge in [-0.3, -0.25) is 9.59 Å². The zero-order chi connectivity index (χ0) is 17.7. The molecular weight excluding hydrogens is 308 g/mol. The number of nitrogens with one attached hydrogen (secondary N) is 1. The fourth-order valence-corrected chi connectivity index (χ4v) is 2.79. The molecule has 0 spiro atoms. The van der Waals surface area contributed by atoms with Gasteiger partial charge in [0.1, 0.15) is 6.04 Å². The molecule has 0 aromatic heterocycles. The molecule has 1 aromatic rings. The molecule has 1 aliphatic heterocycles. The maximum atomic E-state index is 12.2. The van der Waals surface area contributed by atoms with Crippen LogP contribution >= 0.6 is 0 Å². The summed E-state index contributed by atoms with van der Waals surface area (Å²) in [7, 11) is 0. The lowest BCUT2D eigenvalue weighted by Crippen LogP contribution is -2.41. The molecule has 130 valence electrons. The van der Waals surface area contributed by atoms with Crippen LogP contribution in [0.2, 0.25) is 0 Å². The number of benzene rings is 1. The quantitative estimate of drug-likeness (QED) is 0.800. The van der Waals surface area contributed by atoms with Crippen LogP contribution in [0.3, 0.4) is 0 Å². The van der Waals surface area contributed by atoms with Crippen molar-refractivity contribution in [1.82, 2.24) is 10.2 Å². The van der Waals surface area contributed by atoms with E-state index in [1.165, 1.54) is 0 Å². The highest BCUT2D eigenvalue weighted by Gasteiger charge is 2.22. The monoisotopic (exact) mass is 332 g/mol. The summed E-state index contributed by atoms with van der Waals surface area (Å²) in [6, 6.07) is 6.05. The number of carbonyl (C=O) groups excluding carboxylic acids is 2. The van der Waals surface area contributed by atoms with Gasteiger partial charge in [-0.1, -0.05) is 26.0 Å². The van der Waals surface area contributed by atoms with Gasteiger partial charge in [0.25, 0.3) is 5.91 Å². The van der Waals surface area contributed by atoms with Crippen LogP contribution in [0.25, 0.3) is 0 Å². The minimum Gasteiger partial charge on any atom is -0.480 e. The van der Waals surface area contributed by atoms with Crippen LogP contribution in [0.5, 0.6) is 0 Å². The Morgan fingerprint density at radius 2 is 1.92 bits per heavy atom. The molecule has 6 heteroatoms. The summed E-state index contributed by atoms with van der Waals surface area (Å²) in [5.74, 6) is -1.09. The highest BCUT2D eigenvalue weighted by Crippen LogP contribution is 2.15. The van der Waals surface area contributed by atoms with Crippen molar-refractivity contribution in [3.05, 3.63) is 35.4 Å². The third-order valence-electron chi connectivity index (χ3n) is 4.07. The zero-order valence-electron chi connectivity index (χ0n) is 14.1. The Hall–Kier alpha value is -2.37. The van der Waals surface area contributed by atoms with Crippen molar-refractivity contribution in [1.29, 1.82) is 0 Å². The first kappa shape index (κ1) is 18.0. The molecule has 2 N–H and O–H groups in total. The van der Waals surface area contributed by atoms with Crippen molar-refractivity contribution in [2.75, 3.05) is 6.54 Å². The van der Waals surface area contributed by atoms with Gasteiger partial charge >= 0.3 is 5.97 Å². The summed E-state index contributed by atoms with van der Waals surface area (Å²) in [5.41, 5.74) is 1.38. The number of carboxylic acids is 1.